The van der Waals surface area contributed by atoms with Crippen molar-refractivity contribution in [1.29, 1.82) is 0 Å². The van der Waals surface area contributed by atoms with Crippen LogP contribution in [0.2, 0.25) is 0 Å². The van der Waals surface area contributed by atoms with E-state index in [2.05, 4.69) is 21.2 Å². The van der Waals surface area contributed by atoms with Crippen LogP contribution in [0.25, 0.3) is 0 Å². The lowest BCUT2D eigenvalue weighted by atomic mass is 9.96. The number of anilines is 1. The molecule has 2 aromatic rings. The minimum Gasteiger partial charge on any atom is -0.478 e. The van der Waals surface area contributed by atoms with Gasteiger partial charge < -0.3 is 10.4 Å². The zero-order chi connectivity index (χ0) is 15.6. The summed E-state index contributed by atoms with van der Waals surface area (Å²) in [5.74, 6) is -1.53. The average Bonchev–Trinajstić information content (AvgIpc) is 2.40. The number of amides is 1. The summed E-state index contributed by atoms with van der Waals surface area (Å²) >= 11 is 3.33. The third kappa shape index (κ3) is 3.31. The predicted molar refractivity (Wildman–Crippen MR) is 85.0 cm³/mol. The van der Waals surface area contributed by atoms with E-state index in [9.17, 15) is 14.7 Å². The molecular weight excluding hydrogens is 334 g/mol. The van der Waals surface area contributed by atoms with E-state index in [1.165, 1.54) is 0 Å². The Bertz CT molecular complexity index is 725. The van der Waals surface area contributed by atoms with Gasteiger partial charge in [0.25, 0.3) is 5.91 Å². The number of halogens is 1. The van der Waals surface area contributed by atoms with Crippen molar-refractivity contribution in [2.45, 2.75) is 13.8 Å². The van der Waals surface area contributed by atoms with E-state index < -0.39 is 11.9 Å². The molecule has 1 amide bonds. The van der Waals surface area contributed by atoms with Crippen molar-refractivity contribution < 1.29 is 14.7 Å². The van der Waals surface area contributed by atoms with Crippen molar-refractivity contribution in [1.82, 2.24) is 0 Å². The normalized spacial score (nSPS) is 10.2. The van der Waals surface area contributed by atoms with Crippen molar-refractivity contribution in [3.63, 3.8) is 0 Å². The Morgan fingerprint density at radius 2 is 1.67 bits per heavy atom. The van der Waals surface area contributed by atoms with E-state index in [-0.39, 0.29) is 11.1 Å². The van der Waals surface area contributed by atoms with E-state index in [0.717, 1.165) is 4.47 Å². The van der Waals surface area contributed by atoms with Crippen LogP contribution in [-0.4, -0.2) is 17.0 Å². The summed E-state index contributed by atoms with van der Waals surface area (Å²) in [6, 6.07) is 10.6. The van der Waals surface area contributed by atoms with E-state index in [1.807, 2.05) is 6.07 Å². The highest BCUT2D eigenvalue weighted by Crippen LogP contribution is 2.22. The van der Waals surface area contributed by atoms with Crippen LogP contribution >= 0.6 is 15.9 Å². The highest BCUT2D eigenvalue weighted by atomic mass is 79.9. The molecule has 0 saturated carbocycles. The molecule has 2 rings (SSSR count). The van der Waals surface area contributed by atoms with Gasteiger partial charge in [0.15, 0.2) is 0 Å². The molecule has 0 fully saturated rings. The maximum Gasteiger partial charge on any atom is 0.336 e. The quantitative estimate of drug-likeness (QED) is 0.881. The van der Waals surface area contributed by atoms with Crippen LogP contribution in [0, 0.1) is 13.8 Å². The smallest absolute Gasteiger partial charge is 0.336 e. The van der Waals surface area contributed by atoms with Gasteiger partial charge in [0, 0.05) is 10.2 Å². The number of carbonyl (C=O) groups is 2. The summed E-state index contributed by atoms with van der Waals surface area (Å²) in [6.07, 6.45) is 0. The molecule has 5 heteroatoms. The van der Waals surface area contributed by atoms with Crippen molar-refractivity contribution in [2.75, 3.05) is 5.32 Å². The monoisotopic (exact) mass is 347 g/mol. The Morgan fingerprint density at radius 1 is 1.05 bits per heavy atom. The lowest BCUT2D eigenvalue weighted by molar-refractivity contribution is 0.0691. The molecule has 0 aromatic heterocycles. The number of hydrogen-bond donors (Lipinski definition) is 2. The number of carboxylic acids is 1. The zero-order valence-corrected chi connectivity index (χ0v) is 13.2. The van der Waals surface area contributed by atoms with Gasteiger partial charge in [-0.05, 0) is 43.2 Å². The largest absolute Gasteiger partial charge is 0.478 e. The molecule has 2 aromatic carbocycles. The molecule has 0 atom stereocenters. The second-order valence-corrected chi connectivity index (χ2v) is 5.63. The van der Waals surface area contributed by atoms with Crippen molar-refractivity contribution in [3.05, 3.63) is 63.1 Å². The van der Waals surface area contributed by atoms with Gasteiger partial charge in [-0.15, -0.1) is 0 Å². The Morgan fingerprint density at radius 3 is 2.24 bits per heavy atom. The Kier molecular flexibility index (Phi) is 4.43. The SMILES string of the molecule is Cc1ccc(C)c(C(=O)Nc2cccc(Br)c2)c1C(=O)O. The van der Waals surface area contributed by atoms with Crippen LogP contribution in [0.4, 0.5) is 5.69 Å². The van der Waals surface area contributed by atoms with Crippen LogP contribution in [-0.2, 0) is 0 Å². The second kappa shape index (κ2) is 6.10. The van der Waals surface area contributed by atoms with Gasteiger partial charge in [-0.2, -0.15) is 0 Å². The van der Waals surface area contributed by atoms with Gasteiger partial charge in [-0.25, -0.2) is 4.79 Å². The van der Waals surface area contributed by atoms with Crippen molar-refractivity contribution in [2.24, 2.45) is 0 Å². The topological polar surface area (TPSA) is 66.4 Å². The highest BCUT2D eigenvalue weighted by Gasteiger charge is 2.21. The number of carboxylic acid groups (broad SMARTS) is 1. The van der Waals surface area contributed by atoms with Crippen LogP contribution in [0.3, 0.4) is 0 Å². The molecule has 0 aliphatic heterocycles. The van der Waals surface area contributed by atoms with E-state index in [0.29, 0.717) is 16.8 Å². The lowest BCUT2D eigenvalue weighted by Crippen LogP contribution is -2.19. The van der Waals surface area contributed by atoms with Gasteiger partial charge in [-0.1, -0.05) is 34.1 Å². The molecule has 0 saturated heterocycles. The first kappa shape index (κ1) is 15.3. The summed E-state index contributed by atoms with van der Waals surface area (Å²) in [5.41, 5.74) is 2.04. The first-order chi connectivity index (χ1) is 9.90. The zero-order valence-electron chi connectivity index (χ0n) is 11.6. The molecule has 0 bridgehead atoms. The molecule has 0 spiro atoms. The number of benzene rings is 2. The van der Waals surface area contributed by atoms with Crippen molar-refractivity contribution >= 4 is 33.5 Å². The fourth-order valence-electron chi connectivity index (χ4n) is 2.14. The standard InChI is InChI=1S/C16H14BrNO3/c1-9-6-7-10(2)14(16(20)21)13(9)15(19)18-12-5-3-4-11(17)8-12/h3-8H,1-2H3,(H,18,19)(H,20,21). The number of aromatic carboxylic acids is 1. The van der Waals surface area contributed by atoms with Gasteiger partial charge in [0.05, 0.1) is 11.1 Å². The molecule has 0 unspecified atom stereocenters. The minimum atomic E-state index is -1.10. The van der Waals surface area contributed by atoms with Crippen LogP contribution < -0.4 is 5.32 Å². The first-order valence-corrected chi connectivity index (χ1v) is 7.10. The second-order valence-electron chi connectivity index (χ2n) is 4.72. The molecule has 21 heavy (non-hydrogen) atoms. The molecule has 4 nitrogen and oxygen atoms in total. The summed E-state index contributed by atoms with van der Waals surface area (Å²) in [7, 11) is 0. The Labute approximate surface area is 130 Å². The molecular formula is C16H14BrNO3. The van der Waals surface area contributed by atoms with Gasteiger partial charge in [-0.3, -0.25) is 4.79 Å². The van der Waals surface area contributed by atoms with Crippen LogP contribution in [0.5, 0.6) is 0 Å². The van der Waals surface area contributed by atoms with Gasteiger partial charge >= 0.3 is 5.97 Å². The fraction of sp³-hybridized carbons (Fsp3) is 0.125. The number of carbonyl (C=O) groups excluding carboxylic acids is 1. The van der Waals surface area contributed by atoms with Crippen LogP contribution in [0.1, 0.15) is 31.8 Å². The fourth-order valence-corrected chi connectivity index (χ4v) is 2.54. The predicted octanol–water partition coefficient (Wildman–Crippen LogP) is 4.02. The lowest BCUT2D eigenvalue weighted by Gasteiger charge is -2.13. The molecule has 2 N–H and O–H groups in total. The third-order valence-electron chi connectivity index (χ3n) is 3.15. The van der Waals surface area contributed by atoms with Crippen molar-refractivity contribution in [3.8, 4) is 0 Å². The number of hydrogen-bond acceptors (Lipinski definition) is 2. The molecule has 0 aliphatic rings. The van der Waals surface area contributed by atoms with Gasteiger partial charge in [0.1, 0.15) is 0 Å². The molecule has 108 valence electrons. The first-order valence-electron chi connectivity index (χ1n) is 6.30. The van der Waals surface area contributed by atoms with E-state index in [1.54, 1.807) is 44.2 Å². The average molecular weight is 348 g/mol. The number of aryl methyl sites for hydroxylation is 2. The Hall–Kier alpha value is -2.14. The van der Waals surface area contributed by atoms with E-state index >= 15 is 0 Å². The molecule has 0 aliphatic carbocycles. The molecule has 0 radical (unpaired) electrons. The molecule has 0 heterocycles. The maximum absolute atomic E-state index is 12.4. The summed E-state index contributed by atoms with van der Waals surface area (Å²) in [6.45, 7) is 3.40. The third-order valence-corrected chi connectivity index (χ3v) is 3.64. The van der Waals surface area contributed by atoms with Crippen LogP contribution in [0.15, 0.2) is 40.9 Å². The van der Waals surface area contributed by atoms with E-state index in [4.69, 9.17) is 0 Å². The summed E-state index contributed by atoms with van der Waals surface area (Å²) in [4.78, 5) is 23.9. The Balaban J connectivity index is 2.44. The minimum absolute atomic E-state index is 0.0440. The highest BCUT2D eigenvalue weighted by molar-refractivity contribution is 9.10. The summed E-state index contributed by atoms with van der Waals surface area (Å²) in [5, 5.41) is 12.1. The van der Waals surface area contributed by atoms with Gasteiger partial charge in [0.2, 0.25) is 0 Å². The number of nitrogens with one attached hydrogen (secondary N) is 1. The summed E-state index contributed by atoms with van der Waals surface area (Å²) < 4.78 is 0.833. The number of rotatable bonds is 3. The maximum atomic E-state index is 12.4.